The van der Waals surface area contributed by atoms with E-state index in [1.165, 1.54) is 0 Å². The molecule has 2 aliphatic rings. The number of hydrogen-bond donors (Lipinski definition) is 1. The number of nitrogens with one attached hydrogen (secondary N) is 1. The Hall–Kier alpha value is -0.370. The van der Waals surface area contributed by atoms with E-state index < -0.39 is 15.9 Å². The average Bonchev–Trinajstić information content (AvgIpc) is 2.71. The molecule has 0 saturated carbocycles. The van der Waals surface area contributed by atoms with Gasteiger partial charge in [-0.1, -0.05) is 0 Å². The molecule has 112 valence electrons. The number of morpholine rings is 1. The third-order valence-corrected chi connectivity index (χ3v) is 5.23. The summed E-state index contributed by atoms with van der Waals surface area (Å²) in [6, 6.07) is -0.182. The molecule has 0 aromatic carbocycles. The molecule has 6 nitrogen and oxygen atoms in total. The van der Waals surface area contributed by atoms with Crippen LogP contribution in [0.15, 0.2) is 0 Å². The van der Waals surface area contributed by atoms with Gasteiger partial charge in [0, 0.05) is 25.7 Å². The van der Waals surface area contributed by atoms with Crippen molar-refractivity contribution in [2.45, 2.75) is 25.5 Å². The number of carbonyl (C=O) groups excluding carboxylic acids is 1. The van der Waals surface area contributed by atoms with Gasteiger partial charge in [-0.2, -0.15) is 0 Å². The summed E-state index contributed by atoms with van der Waals surface area (Å²) in [6.45, 7) is 4.19. The van der Waals surface area contributed by atoms with E-state index in [1.807, 2.05) is 6.92 Å². The molecule has 19 heavy (non-hydrogen) atoms. The minimum absolute atomic E-state index is 0. The van der Waals surface area contributed by atoms with Crippen LogP contribution >= 0.6 is 12.4 Å². The van der Waals surface area contributed by atoms with Crippen LogP contribution in [-0.4, -0.2) is 69.1 Å². The van der Waals surface area contributed by atoms with Crippen LogP contribution in [0.2, 0.25) is 0 Å². The van der Waals surface area contributed by atoms with Crippen molar-refractivity contribution in [2.75, 3.05) is 37.7 Å². The van der Waals surface area contributed by atoms with Crippen LogP contribution in [0.5, 0.6) is 0 Å². The van der Waals surface area contributed by atoms with E-state index >= 15 is 0 Å². The molecule has 8 heteroatoms. The Morgan fingerprint density at radius 2 is 2.21 bits per heavy atom. The number of carbonyl (C=O) groups is 1. The number of rotatable bonds is 3. The summed E-state index contributed by atoms with van der Waals surface area (Å²) < 4.78 is 28.4. The molecule has 2 unspecified atom stereocenters. The summed E-state index contributed by atoms with van der Waals surface area (Å²) >= 11 is 0. The number of likely N-dealkylation sites (N-methyl/N-ethyl adjacent to an activating group) is 1. The van der Waals surface area contributed by atoms with Crippen molar-refractivity contribution in [1.82, 2.24) is 10.2 Å². The van der Waals surface area contributed by atoms with E-state index in [4.69, 9.17) is 4.74 Å². The zero-order valence-electron chi connectivity index (χ0n) is 11.0. The highest BCUT2D eigenvalue weighted by molar-refractivity contribution is 7.91. The Morgan fingerprint density at radius 1 is 1.47 bits per heavy atom. The first-order valence-electron chi connectivity index (χ1n) is 6.36. The first-order chi connectivity index (χ1) is 8.53. The standard InChI is InChI=1S/C11H20N2O4S.ClH/c1-2-13(9-3-6-18(15,16)8-9)11(14)10-7-12-4-5-17-10;/h9-10,12H,2-8H2,1H3;1H. The first kappa shape index (κ1) is 16.7. The van der Waals surface area contributed by atoms with Gasteiger partial charge in [0.1, 0.15) is 6.10 Å². The van der Waals surface area contributed by atoms with Crippen molar-refractivity contribution < 1.29 is 17.9 Å². The average molecular weight is 313 g/mol. The molecular weight excluding hydrogens is 292 g/mol. The molecule has 0 aliphatic carbocycles. The lowest BCUT2D eigenvalue weighted by Gasteiger charge is -2.32. The summed E-state index contributed by atoms with van der Waals surface area (Å²) in [4.78, 5) is 13.9. The first-order valence-corrected chi connectivity index (χ1v) is 8.19. The second-order valence-electron chi connectivity index (χ2n) is 4.74. The van der Waals surface area contributed by atoms with Crippen molar-refractivity contribution in [3.8, 4) is 0 Å². The summed E-state index contributed by atoms with van der Waals surface area (Å²) in [5, 5.41) is 3.11. The number of hydrogen-bond acceptors (Lipinski definition) is 5. The van der Waals surface area contributed by atoms with Gasteiger partial charge in [0.2, 0.25) is 0 Å². The van der Waals surface area contributed by atoms with Gasteiger partial charge in [-0.25, -0.2) is 8.42 Å². The molecule has 2 rings (SSSR count). The Balaban J connectivity index is 0.00000180. The fourth-order valence-corrected chi connectivity index (χ4v) is 4.25. The van der Waals surface area contributed by atoms with Gasteiger partial charge in [-0.05, 0) is 13.3 Å². The third-order valence-electron chi connectivity index (χ3n) is 3.48. The Bertz CT molecular complexity index is 409. The molecule has 2 atom stereocenters. The monoisotopic (exact) mass is 312 g/mol. The van der Waals surface area contributed by atoms with Gasteiger partial charge in [0.05, 0.1) is 18.1 Å². The summed E-state index contributed by atoms with van der Waals surface area (Å²) in [5.74, 6) is 0.185. The van der Waals surface area contributed by atoms with Gasteiger partial charge in [-0.15, -0.1) is 12.4 Å². The minimum Gasteiger partial charge on any atom is -0.366 e. The number of ether oxygens (including phenoxy) is 1. The quantitative estimate of drug-likeness (QED) is 0.755. The maximum absolute atomic E-state index is 12.3. The zero-order valence-corrected chi connectivity index (χ0v) is 12.6. The number of amides is 1. The van der Waals surface area contributed by atoms with E-state index in [-0.39, 0.29) is 35.9 Å². The van der Waals surface area contributed by atoms with Crippen molar-refractivity contribution in [3.63, 3.8) is 0 Å². The minimum atomic E-state index is -2.97. The van der Waals surface area contributed by atoms with Crippen LogP contribution in [0.1, 0.15) is 13.3 Å². The lowest BCUT2D eigenvalue weighted by atomic mass is 10.2. The second kappa shape index (κ2) is 6.88. The maximum atomic E-state index is 12.3. The van der Waals surface area contributed by atoms with Crippen LogP contribution in [-0.2, 0) is 19.4 Å². The normalized spacial score (nSPS) is 29.5. The van der Waals surface area contributed by atoms with Crippen molar-refractivity contribution in [3.05, 3.63) is 0 Å². The maximum Gasteiger partial charge on any atom is 0.253 e. The van der Waals surface area contributed by atoms with E-state index in [1.54, 1.807) is 4.90 Å². The largest absolute Gasteiger partial charge is 0.366 e. The Morgan fingerprint density at radius 3 is 2.68 bits per heavy atom. The van der Waals surface area contributed by atoms with Crippen molar-refractivity contribution in [1.29, 1.82) is 0 Å². The molecule has 1 amide bonds. The molecule has 0 bridgehead atoms. The zero-order chi connectivity index (χ0) is 13.2. The molecular formula is C11H21ClN2O4S. The van der Waals surface area contributed by atoms with E-state index in [9.17, 15) is 13.2 Å². The number of halogens is 1. The van der Waals surface area contributed by atoms with E-state index in [2.05, 4.69) is 5.32 Å². The lowest BCUT2D eigenvalue weighted by molar-refractivity contribution is -0.146. The predicted molar refractivity (Wildman–Crippen MR) is 74.3 cm³/mol. The number of nitrogens with zero attached hydrogens (tertiary/aromatic N) is 1. The SMILES string of the molecule is CCN(C(=O)C1CNCCO1)C1CCS(=O)(=O)C1.Cl. The molecule has 0 radical (unpaired) electrons. The third kappa shape index (κ3) is 4.05. The van der Waals surface area contributed by atoms with Crippen molar-refractivity contribution in [2.24, 2.45) is 0 Å². The molecule has 0 spiro atoms. The molecule has 0 aromatic rings. The van der Waals surface area contributed by atoms with Gasteiger partial charge in [0.15, 0.2) is 9.84 Å². The molecule has 2 heterocycles. The number of sulfone groups is 1. The van der Waals surface area contributed by atoms with Gasteiger partial charge in [-0.3, -0.25) is 4.79 Å². The molecule has 2 fully saturated rings. The fraction of sp³-hybridized carbons (Fsp3) is 0.909. The second-order valence-corrected chi connectivity index (χ2v) is 6.97. The lowest BCUT2D eigenvalue weighted by Crippen LogP contribution is -2.52. The topological polar surface area (TPSA) is 75.7 Å². The van der Waals surface area contributed by atoms with Gasteiger partial charge < -0.3 is 15.0 Å². The van der Waals surface area contributed by atoms with Crippen molar-refractivity contribution >= 4 is 28.2 Å². The Labute approximate surface area is 120 Å². The van der Waals surface area contributed by atoms with E-state index in [0.29, 0.717) is 26.1 Å². The molecule has 2 saturated heterocycles. The summed E-state index contributed by atoms with van der Waals surface area (Å²) in [5.41, 5.74) is 0. The predicted octanol–water partition coefficient (Wildman–Crippen LogP) is -0.568. The van der Waals surface area contributed by atoms with Crippen LogP contribution < -0.4 is 5.32 Å². The summed E-state index contributed by atoms with van der Waals surface area (Å²) in [6.07, 6.45) is 0.0733. The van der Waals surface area contributed by atoms with Crippen LogP contribution in [0.4, 0.5) is 0 Å². The molecule has 2 aliphatic heterocycles. The molecule has 1 N–H and O–H groups in total. The van der Waals surface area contributed by atoms with Crippen LogP contribution in [0.3, 0.4) is 0 Å². The van der Waals surface area contributed by atoms with Gasteiger partial charge in [0.25, 0.3) is 5.91 Å². The highest BCUT2D eigenvalue weighted by Gasteiger charge is 2.36. The van der Waals surface area contributed by atoms with Gasteiger partial charge >= 0.3 is 0 Å². The smallest absolute Gasteiger partial charge is 0.253 e. The fourth-order valence-electron chi connectivity index (χ4n) is 2.52. The van der Waals surface area contributed by atoms with Crippen LogP contribution in [0, 0.1) is 0 Å². The highest BCUT2D eigenvalue weighted by atomic mass is 35.5. The Kier molecular flexibility index (Phi) is 6.04. The summed E-state index contributed by atoms with van der Waals surface area (Å²) in [7, 11) is -2.97. The molecule has 0 aromatic heterocycles. The van der Waals surface area contributed by atoms with Crippen LogP contribution in [0.25, 0.3) is 0 Å². The highest BCUT2D eigenvalue weighted by Crippen LogP contribution is 2.19. The van der Waals surface area contributed by atoms with E-state index in [0.717, 1.165) is 6.54 Å².